The van der Waals surface area contributed by atoms with Gasteiger partial charge in [-0.15, -0.1) is 0 Å². The predicted octanol–water partition coefficient (Wildman–Crippen LogP) is 2.33. The largest absolute Gasteiger partial charge is 0.308 e. The number of rotatable bonds is 5. The van der Waals surface area contributed by atoms with E-state index in [1.165, 1.54) is 0 Å². The van der Waals surface area contributed by atoms with Gasteiger partial charge in [0, 0.05) is 31.9 Å². The van der Waals surface area contributed by atoms with Crippen LogP contribution in [-0.2, 0) is 16.6 Å². The lowest BCUT2D eigenvalue weighted by Gasteiger charge is -2.31. The zero-order valence-corrected chi connectivity index (χ0v) is 14.7. The average Bonchev–Trinajstić information content (AvgIpc) is 2.61. The van der Waals surface area contributed by atoms with E-state index in [4.69, 9.17) is 0 Å². The van der Waals surface area contributed by atoms with Crippen molar-refractivity contribution in [3.8, 4) is 0 Å². The molecule has 1 N–H and O–H groups in total. The van der Waals surface area contributed by atoms with Gasteiger partial charge >= 0.3 is 0 Å². The van der Waals surface area contributed by atoms with Crippen molar-refractivity contribution in [2.24, 2.45) is 0 Å². The summed E-state index contributed by atoms with van der Waals surface area (Å²) in [6.07, 6.45) is 3.42. The molecule has 1 aliphatic rings. The number of aryl methyl sites for hydroxylation is 1. The van der Waals surface area contributed by atoms with Crippen molar-refractivity contribution in [1.82, 2.24) is 14.6 Å². The minimum absolute atomic E-state index is 0.330. The molecule has 6 heteroatoms. The van der Waals surface area contributed by atoms with Crippen molar-refractivity contribution in [1.29, 1.82) is 0 Å². The molecule has 1 fully saturated rings. The monoisotopic (exact) mass is 345 g/mol. The van der Waals surface area contributed by atoms with Gasteiger partial charge in [0.05, 0.1) is 10.6 Å². The first-order chi connectivity index (χ1) is 11.6. The summed E-state index contributed by atoms with van der Waals surface area (Å²) in [5.41, 5.74) is 2.07. The summed E-state index contributed by atoms with van der Waals surface area (Å²) in [5.74, 6) is 0. The minimum Gasteiger partial charge on any atom is -0.308 e. The Morgan fingerprint density at radius 3 is 2.46 bits per heavy atom. The molecule has 0 unspecified atom stereocenters. The highest BCUT2D eigenvalue weighted by molar-refractivity contribution is 7.89. The van der Waals surface area contributed by atoms with Crippen LogP contribution in [0.25, 0.3) is 0 Å². The van der Waals surface area contributed by atoms with E-state index in [2.05, 4.69) is 10.3 Å². The Balaban J connectivity index is 1.55. The SMILES string of the molecule is Cc1ccc(S(=O)(=O)N2CCC(NCc3ccccn3)CC2)cc1. The summed E-state index contributed by atoms with van der Waals surface area (Å²) in [7, 11) is -3.38. The van der Waals surface area contributed by atoms with Crippen molar-refractivity contribution < 1.29 is 8.42 Å². The molecule has 24 heavy (non-hydrogen) atoms. The highest BCUT2D eigenvalue weighted by Gasteiger charge is 2.29. The van der Waals surface area contributed by atoms with E-state index < -0.39 is 10.0 Å². The molecule has 0 aliphatic carbocycles. The van der Waals surface area contributed by atoms with E-state index in [1.807, 2.05) is 37.3 Å². The lowest BCUT2D eigenvalue weighted by atomic mass is 10.1. The van der Waals surface area contributed by atoms with Crippen LogP contribution in [0.4, 0.5) is 0 Å². The molecule has 0 amide bonds. The molecule has 2 heterocycles. The first-order valence-corrected chi connectivity index (χ1v) is 9.70. The third-order valence-corrected chi connectivity index (χ3v) is 6.32. The first-order valence-electron chi connectivity index (χ1n) is 8.26. The van der Waals surface area contributed by atoms with Gasteiger partial charge in [-0.1, -0.05) is 23.8 Å². The fraction of sp³-hybridized carbons (Fsp3) is 0.389. The van der Waals surface area contributed by atoms with Gasteiger partial charge in [-0.2, -0.15) is 4.31 Å². The normalized spacial score (nSPS) is 17.0. The number of hydrogen-bond donors (Lipinski definition) is 1. The van der Waals surface area contributed by atoms with E-state index in [0.29, 0.717) is 24.0 Å². The first kappa shape index (κ1) is 17.1. The van der Waals surface area contributed by atoms with E-state index in [-0.39, 0.29) is 0 Å². The van der Waals surface area contributed by atoms with Gasteiger partial charge in [0.25, 0.3) is 0 Å². The maximum absolute atomic E-state index is 12.7. The Morgan fingerprint density at radius 2 is 1.83 bits per heavy atom. The Labute approximate surface area is 143 Å². The van der Waals surface area contributed by atoms with Crippen LogP contribution in [0.3, 0.4) is 0 Å². The van der Waals surface area contributed by atoms with Crippen LogP contribution in [0, 0.1) is 6.92 Å². The molecule has 3 rings (SSSR count). The van der Waals surface area contributed by atoms with Crippen molar-refractivity contribution in [2.75, 3.05) is 13.1 Å². The van der Waals surface area contributed by atoms with Crippen LogP contribution in [0.1, 0.15) is 24.1 Å². The van der Waals surface area contributed by atoms with E-state index >= 15 is 0 Å². The zero-order valence-electron chi connectivity index (χ0n) is 13.9. The van der Waals surface area contributed by atoms with E-state index in [1.54, 1.807) is 22.6 Å². The van der Waals surface area contributed by atoms with Crippen LogP contribution < -0.4 is 5.32 Å². The highest BCUT2D eigenvalue weighted by Crippen LogP contribution is 2.21. The van der Waals surface area contributed by atoms with Crippen molar-refractivity contribution in [3.63, 3.8) is 0 Å². The third-order valence-electron chi connectivity index (χ3n) is 4.41. The fourth-order valence-electron chi connectivity index (χ4n) is 2.91. The second kappa shape index (κ2) is 7.42. The molecule has 0 spiro atoms. The molecule has 5 nitrogen and oxygen atoms in total. The lowest BCUT2D eigenvalue weighted by Crippen LogP contribution is -2.44. The molecule has 0 atom stereocenters. The molecule has 0 bridgehead atoms. The molecular weight excluding hydrogens is 322 g/mol. The van der Waals surface area contributed by atoms with Crippen molar-refractivity contribution >= 4 is 10.0 Å². The van der Waals surface area contributed by atoms with Gasteiger partial charge in [0.2, 0.25) is 10.0 Å². The molecule has 128 valence electrons. The Morgan fingerprint density at radius 1 is 1.12 bits per heavy atom. The number of sulfonamides is 1. The fourth-order valence-corrected chi connectivity index (χ4v) is 4.38. The standard InChI is InChI=1S/C18H23N3O2S/c1-15-5-7-18(8-6-15)24(22,23)21-12-9-16(10-13-21)20-14-17-4-2-3-11-19-17/h2-8,11,16,20H,9-10,12-14H2,1H3. The molecular formula is C18H23N3O2S. The highest BCUT2D eigenvalue weighted by atomic mass is 32.2. The van der Waals surface area contributed by atoms with Crippen molar-refractivity contribution in [2.45, 2.75) is 37.2 Å². The molecule has 1 aromatic carbocycles. The van der Waals surface area contributed by atoms with Gasteiger partial charge in [0.1, 0.15) is 0 Å². The number of aromatic nitrogens is 1. The summed E-state index contributed by atoms with van der Waals surface area (Å²) in [6.45, 7) is 3.78. The van der Waals surface area contributed by atoms with Crippen LogP contribution >= 0.6 is 0 Å². The van der Waals surface area contributed by atoms with Gasteiger partial charge in [-0.3, -0.25) is 4.98 Å². The molecule has 0 radical (unpaired) electrons. The average molecular weight is 345 g/mol. The number of hydrogen-bond acceptors (Lipinski definition) is 4. The molecule has 1 saturated heterocycles. The Hall–Kier alpha value is -1.76. The number of nitrogens with one attached hydrogen (secondary N) is 1. The summed E-state index contributed by atoms with van der Waals surface area (Å²) in [5, 5.41) is 3.47. The van der Waals surface area contributed by atoms with Crippen LogP contribution in [0.5, 0.6) is 0 Å². The van der Waals surface area contributed by atoms with Gasteiger partial charge < -0.3 is 5.32 Å². The van der Waals surface area contributed by atoms with E-state index in [9.17, 15) is 8.42 Å². The van der Waals surface area contributed by atoms with Crippen molar-refractivity contribution in [3.05, 3.63) is 59.9 Å². The van der Waals surface area contributed by atoms with E-state index in [0.717, 1.165) is 30.6 Å². The molecule has 1 aromatic heterocycles. The number of benzene rings is 1. The summed E-state index contributed by atoms with van der Waals surface area (Å²) in [4.78, 5) is 4.68. The maximum Gasteiger partial charge on any atom is 0.243 e. The summed E-state index contributed by atoms with van der Waals surface area (Å²) >= 11 is 0. The topological polar surface area (TPSA) is 62.3 Å². The molecule has 2 aromatic rings. The van der Waals surface area contributed by atoms with Gasteiger partial charge in [-0.05, 0) is 44.0 Å². The smallest absolute Gasteiger partial charge is 0.243 e. The number of piperidine rings is 1. The second-order valence-corrected chi connectivity index (χ2v) is 8.13. The Bertz CT molecular complexity index is 753. The van der Waals surface area contributed by atoms with Gasteiger partial charge in [-0.25, -0.2) is 8.42 Å². The molecule has 1 aliphatic heterocycles. The number of nitrogens with zero attached hydrogens (tertiary/aromatic N) is 2. The summed E-state index contributed by atoms with van der Waals surface area (Å²) < 4.78 is 27.0. The predicted molar refractivity (Wildman–Crippen MR) is 94.0 cm³/mol. The lowest BCUT2D eigenvalue weighted by molar-refractivity contribution is 0.288. The third kappa shape index (κ3) is 4.01. The van der Waals surface area contributed by atoms with Crippen LogP contribution in [-0.4, -0.2) is 36.8 Å². The quantitative estimate of drug-likeness (QED) is 0.903. The summed E-state index contributed by atoms with van der Waals surface area (Å²) in [6, 6.07) is 13.3. The Kier molecular flexibility index (Phi) is 5.28. The molecule has 0 saturated carbocycles. The van der Waals surface area contributed by atoms with Crippen LogP contribution in [0.2, 0.25) is 0 Å². The maximum atomic E-state index is 12.7. The van der Waals surface area contributed by atoms with Crippen LogP contribution in [0.15, 0.2) is 53.6 Å². The van der Waals surface area contributed by atoms with Gasteiger partial charge in [0.15, 0.2) is 0 Å². The minimum atomic E-state index is -3.38. The zero-order chi connectivity index (χ0) is 17.0. The number of pyridine rings is 1. The second-order valence-electron chi connectivity index (χ2n) is 6.19.